The fraction of sp³-hybridized carbons (Fsp3) is 0.435. The highest BCUT2D eigenvalue weighted by molar-refractivity contribution is 5.77. The summed E-state index contributed by atoms with van der Waals surface area (Å²) in [7, 11) is 3.06. The van der Waals surface area contributed by atoms with Gasteiger partial charge in [-0.1, -0.05) is 12.1 Å². The van der Waals surface area contributed by atoms with Gasteiger partial charge in [0.05, 0.1) is 17.4 Å². The molecule has 1 saturated heterocycles. The van der Waals surface area contributed by atoms with E-state index < -0.39 is 5.69 Å². The van der Waals surface area contributed by atoms with Gasteiger partial charge in [-0.2, -0.15) is 0 Å². The number of amides is 1. The number of carbonyl (C=O) groups excluding carboxylic acids is 1. The molecule has 0 saturated carbocycles. The van der Waals surface area contributed by atoms with Crippen LogP contribution in [0, 0.1) is 0 Å². The molecule has 1 aromatic carbocycles. The number of likely N-dealkylation sites (tertiary alicyclic amines) is 1. The van der Waals surface area contributed by atoms with E-state index in [2.05, 4.69) is 9.97 Å². The SMILES string of the molecule is Cn1c(=O)c2c(ncn2CCCC(=O)N2CCCC(c3nc4ccccc4[nH]3)C2)n(C)c1=O. The van der Waals surface area contributed by atoms with Gasteiger partial charge in [0.1, 0.15) is 5.82 Å². The van der Waals surface area contributed by atoms with E-state index in [1.54, 1.807) is 17.9 Å². The van der Waals surface area contributed by atoms with Crippen LogP contribution in [0.3, 0.4) is 0 Å². The van der Waals surface area contributed by atoms with Crippen molar-refractivity contribution in [3.05, 3.63) is 57.3 Å². The average Bonchev–Trinajstić information content (AvgIpc) is 3.46. The first-order chi connectivity index (χ1) is 15.9. The molecule has 1 aliphatic rings. The van der Waals surface area contributed by atoms with Crippen LogP contribution >= 0.6 is 0 Å². The van der Waals surface area contributed by atoms with Gasteiger partial charge < -0.3 is 14.5 Å². The van der Waals surface area contributed by atoms with Crippen LogP contribution in [0.5, 0.6) is 0 Å². The minimum absolute atomic E-state index is 0.112. The molecule has 0 bridgehead atoms. The van der Waals surface area contributed by atoms with Crippen LogP contribution in [0.15, 0.2) is 40.2 Å². The first-order valence-electron chi connectivity index (χ1n) is 11.3. The zero-order valence-corrected chi connectivity index (χ0v) is 18.8. The van der Waals surface area contributed by atoms with Gasteiger partial charge in [0.2, 0.25) is 5.91 Å². The minimum atomic E-state index is -0.406. The molecule has 4 heterocycles. The zero-order chi connectivity index (χ0) is 23.1. The van der Waals surface area contributed by atoms with E-state index in [0.717, 1.165) is 40.8 Å². The predicted octanol–water partition coefficient (Wildman–Crippen LogP) is 1.50. The summed E-state index contributed by atoms with van der Waals surface area (Å²) in [4.78, 5) is 51.9. The molecule has 3 aromatic heterocycles. The van der Waals surface area contributed by atoms with Crippen LogP contribution in [-0.4, -0.2) is 52.5 Å². The lowest BCUT2D eigenvalue weighted by molar-refractivity contribution is -0.132. The number of benzene rings is 1. The van der Waals surface area contributed by atoms with Crippen molar-refractivity contribution in [3.63, 3.8) is 0 Å². The molecule has 1 amide bonds. The van der Waals surface area contributed by atoms with Crippen LogP contribution in [0.1, 0.15) is 37.4 Å². The summed E-state index contributed by atoms with van der Waals surface area (Å²) in [5.41, 5.74) is 1.94. The lowest BCUT2D eigenvalue weighted by atomic mass is 9.97. The highest BCUT2D eigenvalue weighted by Gasteiger charge is 2.26. The minimum Gasteiger partial charge on any atom is -0.342 e. The maximum atomic E-state index is 12.9. The molecule has 1 N–H and O–H groups in total. The second-order valence-electron chi connectivity index (χ2n) is 8.74. The predicted molar refractivity (Wildman–Crippen MR) is 124 cm³/mol. The lowest BCUT2D eigenvalue weighted by Gasteiger charge is -2.32. The Labute approximate surface area is 189 Å². The number of carbonyl (C=O) groups is 1. The van der Waals surface area contributed by atoms with Crippen molar-refractivity contribution >= 4 is 28.1 Å². The van der Waals surface area contributed by atoms with E-state index in [-0.39, 0.29) is 17.4 Å². The summed E-state index contributed by atoms with van der Waals surface area (Å²) in [6.07, 6.45) is 4.49. The highest BCUT2D eigenvalue weighted by Crippen LogP contribution is 2.27. The molecule has 1 unspecified atom stereocenters. The van der Waals surface area contributed by atoms with Gasteiger partial charge in [0.15, 0.2) is 11.2 Å². The van der Waals surface area contributed by atoms with Crippen molar-refractivity contribution < 1.29 is 4.79 Å². The number of rotatable bonds is 5. The van der Waals surface area contributed by atoms with Crippen LogP contribution in [0.25, 0.3) is 22.2 Å². The van der Waals surface area contributed by atoms with Gasteiger partial charge >= 0.3 is 5.69 Å². The van der Waals surface area contributed by atoms with Crippen molar-refractivity contribution in [1.82, 2.24) is 33.6 Å². The largest absolute Gasteiger partial charge is 0.342 e. The Hall–Kier alpha value is -3.69. The number of hydrogen-bond donors (Lipinski definition) is 1. The molecule has 1 aliphatic heterocycles. The standard InChI is InChI=1S/C23H27N7O3/c1-27-21-19(22(32)28(2)23(27)33)30(14-24-21)12-6-10-18(31)29-11-5-7-15(13-29)20-25-16-8-3-4-9-17(16)26-20/h3-4,8-9,14-15H,5-7,10-13H2,1-2H3,(H,25,26). The Morgan fingerprint density at radius 1 is 1.18 bits per heavy atom. The number of nitrogens with zero attached hydrogens (tertiary/aromatic N) is 6. The second kappa shape index (κ2) is 8.34. The molecule has 5 rings (SSSR count). The average molecular weight is 450 g/mol. The number of fused-ring (bicyclic) bond motifs is 2. The van der Waals surface area contributed by atoms with Gasteiger partial charge in [-0.15, -0.1) is 0 Å². The van der Waals surface area contributed by atoms with Crippen molar-refractivity contribution in [3.8, 4) is 0 Å². The first kappa shape index (κ1) is 21.2. The van der Waals surface area contributed by atoms with Crippen molar-refractivity contribution in [2.24, 2.45) is 14.1 Å². The fourth-order valence-electron chi connectivity index (χ4n) is 4.72. The van der Waals surface area contributed by atoms with Crippen LogP contribution < -0.4 is 11.2 Å². The smallest absolute Gasteiger partial charge is 0.332 e. The molecule has 4 aromatic rings. The van der Waals surface area contributed by atoms with Crippen LogP contribution in [0.4, 0.5) is 0 Å². The number of aryl methyl sites for hydroxylation is 2. The summed E-state index contributed by atoms with van der Waals surface area (Å²) in [6, 6.07) is 7.97. The monoisotopic (exact) mass is 449 g/mol. The molecule has 10 nitrogen and oxygen atoms in total. The van der Waals surface area contributed by atoms with E-state index in [1.165, 1.54) is 11.6 Å². The number of hydrogen-bond acceptors (Lipinski definition) is 5. The number of aromatic nitrogens is 6. The number of aromatic amines is 1. The zero-order valence-electron chi connectivity index (χ0n) is 18.8. The maximum Gasteiger partial charge on any atom is 0.332 e. The van der Waals surface area contributed by atoms with Crippen molar-refractivity contribution in [2.45, 2.75) is 38.1 Å². The third-order valence-corrected chi connectivity index (χ3v) is 6.58. The third-order valence-electron chi connectivity index (χ3n) is 6.58. The van der Waals surface area contributed by atoms with Gasteiger partial charge in [-0.05, 0) is 31.4 Å². The molecular formula is C23H27N7O3. The first-order valence-corrected chi connectivity index (χ1v) is 11.3. The van der Waals surface area contributed by atoms with Crippen LogP contribution in [-0.2, 0) is 25.4 Å². The molecule has 0 aliphatic carbocycles. The van der Waals surface area contributed by atoms with Crippen LogP contribution in [0.2, 0.25) is 0 Å². The third kappa shape index (κ3) is 3.75. The number of imidazole rings is 2. The van der Waals surface area contributed by atoms with Gasteiger partial charge in [-0.3, -0.25) is 18.7 Å². The Balaban J connectivity index is 1.24. The molecular weight excluding hydrogens is 422 g/mol. The highest BCUT2D eigenvalue weighted by atomic mass is 16.2. The molecule has 172 valence electrons. The number of para-hydroxylation sites is 2. The summed E-state index contributed by atoms with van der Waals surface area (Å²) in [5, 5.41) is 0. The second-order valence-corrected chi connectivity index (χ2v) is 8.74. The molecule has 1 atom stereocenters. The van der Waals surface area contributed by atoms with E-state index in [1.807, 2.05) is 29.2 Å². The fourth-order valence-corrected chi connectivity index (χ4v) is 4.72. The quantitative estimate of drug-likeness (QED) is 0.496. The molecule has 33 heavy (non-hydrogen) atoms. The summed E-state index contributed by atoms with van der Waals surface area (Å²) in [6.45, 7) is 1.90. The van der Waals surface area contributed by atoms with E-state index in [9.17, 15) is 14.4 Å². The molecule has 1 fully saturated rings. The van der Waals surface area contributed by atoms with Gasteiger partial charge in [0.25, 0.3) is 5.56 Å². The summed E-state index contributed by atoms with van der Waals surface area (Å²) < 4.78 is 4.18. The van der Waals surface area contributed by atoms with E-state index in [4.69, 9.17) is 4.98 Å². The van der Waals surface area contributed by atoms with Gasteiger partial charge in [0, 0.05) is 46.1 Å². The normalized spacial score (nSPS) is 16.7. The molecule has 0 spiro atoms. The molecule has 0 radical (unpaired) electrons. The lowest BCUT2D eigenvalue weighted by Crippen LogP contribution is -2.39. The summed E-state index contributed by atoms with van der Waals surface area (Å²) in [5.74, 6) is 1.26. The summed E-state index contributed by atoms with van der Waals surface area (Å²) >= 11 is 0. The Kier molecular flexibility index (Phi) is 5.35. The Bertz CT molecular complexity index is 1430. The van der Waals surface area contributed by atoms with Crippen molar-refractivity contribution in [2.75, 3.05) is 13.1 Å². The number of nitrogens with one attached hydrogen (secondary N) is 1. The molecule has 10 heteroatoms. The van der Waals surface area contributed by atoms with E-state index >= 15 is 0 Å². The Morgan fingerprint density at radius 2 is 2.00 bits per heavy atom. The van der Waals surface area contributed by atoms with E-state index in [0.29, 0.717) is 37.1 Å². The number of piperidine rings is 1. The topological polar surface area (TPSA) is 111 Å². The number of H-pyrrole nitrogens is 1. The van der Waals surface area contributed by atoms with Gasteiger partial charge in [-0.25, -0.2) is 14.8 Å². The van der Waals surface area contributed by atoms with Crippen molar-refractivity contribution in [1.29, 1.82) is 0 Å². The Morgan fingerprint density at radius 3 is 2.82 bits per heavy atom. The maximum absolute atomic E-state index is 12.9.